The molecule has 1 aromatic rings. The summed E-state index contributed by atoms with van der Waals surface area (Å²) in [5.41, 5.74) is 4.23. The fourth-order valence-corrected chi connectivity index (χ4v) is 1.80. The Morgan fingerprint density at radius 2 is 2.00 bits per heavy atom. The fourth-order valence-electron chi connectivity index (χ4n) is 1.80. The second-order valence-corrected chi connectivity index (χ2v) is 4.87. The van der Waals surface area contributed by atoms with E-state index in [-0.39, 0.29) is 18.4 Å². The molecular formula is C15H18N2O4. The maximum absolute atomic E-state index is 11.6. The summed E-state index contributed by atoms with van der Waals surface area (Å²) < 4.78 is 5.06. The van der Waals surface area contributed by atoms with Crippen molar-refractivity contribution < 1.29 is 19.4 Å². The summed E-state index contributed by atoms with van der Waals surface area (Å²) in [4.78, 5) is 22.0. The van der Waals surface area contributed by atoms with Crippen molar-refractivity contribution in [3.05, 3.63) is 29.8 Å². The van der Waals surface area contributed by atoms with Gasteiger partial charge in [0.25, 0.3) is 0 Å². The summed E-state index contributed by atoms with van der Waals surface area (Å²) in [6, 6.07) is 6.96. The molecule has 0 unspecified atom stereocenters. The molecule has 6 nitrogen and oxygen atoms in total. The minimum absolute atomic E-state index is 0.0256. The zero-order chi connectivity index (χ0) is 15.2. The molecule has 1 aromatic carbocycles. The molecule has 1 amide bonds. The van der Waals surface area contributed by atoms with Gasteiger partial charge in [-0.1, -0.05) is 6.92 Å². The molecule has 6 heteroatoms. The maximum atomic E-state index is 11.6. The first-order valence-corrected chi connectivity index (χ1v) is 6.91. The fraction of sp³-hybridized carbons (Fsp3) is 0.400. The average molecular weight is 290 g/mol. The number of amides is 1. The number of nitrogens with one attached hydrogen (secondary N) is 1. The van der Waals surface area contributed by atoms with Crippen LogP contribution in [-0.4, -0.2) is 29.3 Å². The van der Waals surface area contributed by atoms with E-state index in [9.17, 15) is 9.59 Å². The van der Waals surface area contributed by atoms with Gasteiger partial charge >= 0.3 is 5.97 Å². The molecule has 0 aromatic heterocycles. The van der Waals surface area contributed by atoms with Crippen LogP contribution in [0.3, 0.4) is 0 Å². The summed E-state index contributed by atoms with van der Waals surface area (Å²) in [6.07, 6.45) is 2.57. The van der Waals surface area contributed by atoms with Crippen molar-refractivity contribution in [3.63, 3.8) is 0 Å². The second-order valence-electron chi connectivity index (χ2n) is 4.87. The predicted molar refractivity (Wildman–Crippen MR) is 77.3 cm³/mol. The van der Waals surface area contributed by atoms with Crippen molar-refractivity contribution in [2.45, 2.75) is 26.2 Å². The van der Waals surface area contributed by atoms with Crippen LogP contribution in [0.2, 0.25) is 0 Å². The van der Waals surface area contributed by atoms with E-state index in [0.717, 1.165) is 24.1 Å². The average Bonchev–Trinajstić information content (AvgIpc) is 3.31. The van der Waals surface area contributed by atoms with Crippen LogP contribution in [0.1, 0.15) is 31.7 Å². The van der Waals surface area contributed by atoms with E-state index in [1.807, 2.05) is 6.92 Å². The van der Waals surface area contributed by atoms with Crippen LogP contribution in [0.5, 0.6) is 5.75 Å². The first kappa shape index (κ1) is 15.0. The van der Waals surface area contributed by atoms with Crippen LogP contribution >= 0.6 is 0 Å². The smallest absolute Gasteiger partial charge is 0.341 e. The molecule has 1 saturated carbocycles. The number of carboxylic acid groups (broad SMARTS) is 1. The number of benzene rings is 1. The number of rotatable bonds is 7. The number of hydrazone groups is 1. The van der Waals surface area contributed by atoms with Crippen molar-refractivity contribution in [2.75, 3.05) is 6.61 Å². The third-order valence-electron chi connectivity index (χ3n) is 3.13. The van der Waals surface area contributed by atoms with E-state index in [1.165, 1.54) is 0 Å². The molecule has 2 rings (SSSR count). The third-order valence-corrected chi connectivity index (χ3v) is 3.13. The molecule has 0 atom stereocenters. The van der Waals surface area contributed by atoms with E-state index in [1.54, 1.807) is 24.3 Å². The van der Waals surface area contributed by atoms with Gasteiger partial charge in [0.1, 0.15) is 5.75 Å². The van der Waals surface area contributed by atoms with Gasteiger partial charge in [-0.2, -0.15) is 5.10 Å². The molecule has 0 bridgehead atoms. The number of carboxylic acids is 1. The lowest BCUT2D eigenvalue weighted by molar-refractivity contribution is -0.139. The third kappa shape index (κ3) is 4.59. The van der Waals surface area contributed by atoms with Crippen LogP contribution in [0.25, 0.3) is 0 Å². The first-order chi connectivity index (χ1) is 10.1. The zero-order valence-corrected chi connectivity index (χ0v) is 11.8. The summed E-state index contributed by atoms with van der Waals surface area (Å²) in [6.45, 7) is 1.59. The van der Waals surface area contributed by atoms with Gasteiger partial charge in [-0.05, 0) is 49.1 Å². The van der Waals surface area contributed by atoms with Crippen LogP contribution in [0.15, 0.2) is 29.4 Å². The van der Waals surface area contributed by atoms with Gasteiger partial charge < -0.3 is 9.84 Å². The maximum Gasteiger partial charge on any atom is 0.341 e. The molecule has 0 heterocycles. The lowest BCUT2D eigenvalue weighted by Crippen LogP contribution is -2.21. The van der Waals surface area contributed by atoms with Crippen molar-refractivity contribution in [2.24, 2.45) is 11.0 Å². The molecule has 0 spiro atoms. The van der Waals surface area contributed by atoms with E-state index in [2.05, 4.69) is 10.5 Å². The molecule has 0 aliphatic heterocycles. The molecular weight excluding hydrogens is 272 g/mol. The molecule has 21 heavy (non-hydrogen) atoms. The highest BCUT2D eigenvalue weighted by Crippen LogP contribution is 2.28. The van der Waals surface area contributed by atoms with Crippen molar-refractivity contribution in [1.82, 2.24) is 5.43 Å². The Labute approximate surface area is 122 Å². The molecule has 0 radical (unpaired) electrons. The van der Waals surface area contributed by atoms with Gasteiger partial charge in [0, 0.05) is 5.92 Å². The highest BCUT2D eigenvalue weighted by molar-refractivity contribution is 6.01. The molecule has 1 aliphatic carbocycles. The van der Waals surface area contributed by atoms with Gasteiger partial charge in [-0.25, -0.2) is 10.2 Å². The number of aliphatic carboxylic acids is 1. The van der Waals surface area contributed by atoms with Gasteiger partial charge in [0.05, 0.1) is 5.71 Å². The van der Waals surface area contributed by atoms with Crippen LogP contribution in [-0.2, 0) is 9.59 Å². The Morgan fingerprint density at radius 3 is 2.52 bits per heavy atom. The molecule has 1 aliphatic rings. The van der Waals surface area contributed by atoms with Gasteiger partial charge in [0.2, 0.25) is 5.91 Å². The summed E-state index contributed by atoms with van der Waals surface area (Å²) in [5.74, 6) is -0.433. The molecule has 1 fully saturated rings. The lowest BCUT2D eigenvalue weighted by atomic mass is 10.1. The minimum Gasteiger partial charge on any atom is -0.482 e. The predicted octanol–water partition coefficient (Wildman–Crippen LogP) is 1.79. The highest BCUT2D eigenvalue weighted by atomic mass is 16.5. The Bertz CT molecular complexity index is 547. The second kappa shape index (κ2) is 6.88. The Kier molecular flexibility index (Phi) is 4.92. The van der Waals surface area contributed by atoms with E-state index in [4.69, 9.17) is 9.84 Å². The van der Waals surface area contributed by atoms with Crippen molar-refractivity contribution in [1.29, 1.82) is 0 Å². The highest BCUT2D eigenvalue weighted by Gasteiger charge is 2.29. The topological polar surface area (TPSA) is 88.0 Å². The first-order valence-electron chi connectivity index (χ1n) is 6.91. The number of carbonyl (C=O) groups is 2. The zero-order valence-electron chi connectivity index (χ0n) is 11.8. The monoisotopic (exact) mass is 290 g/mol. The van der Waals surface area contributed by atoms with E-state index >= 15 is 0 Å². The van der Waals surface area contributed by atoms with Crippen molar-refractivity contribution in [3.8, 4) is 5.75 Å². The van der Waals surface area contributed by atoms with Crippen molar-refractivity contribution >= 4 is 17.6 Å². The Hall–Kier alpha value is -2.37. The summed E-state index contributed by atoms with van der Waals surface area (Å²) in [5, 5.41) is 12.7. The lowest BCUT2D eigenvalue weighted by Gasteiger charge is -2.07. The Morgan fingerprint density at radius 1 is 1.33 bits per heavy atom. The molecule has 2 N–H and O–H groups in total. The van der Waals surface area contributed by atoms with Crippen LogP contribution < -0.4 is 10.2 Å². The van der Waals surface area contributed by atoms with Crippen LogP contribution in [0.4, 0.5) is 0 Å². The number of hydrogen-bond donors (Lipinski definition) is 2. The largest absolute Gasteiger partial charge is 0.482 e. The standard InChI is InChI=1S/C15H18N2O4/c1-2-13(16-17-15(20)11-3-4-11)10-5-7-12(8-6-10)21-9-14(18)19/h5-8,11H,2-4,9H2,1H3,(H,17,20)(H,18,19)/b16-13-. The van der Waals surface area contributed by atoms with E-state index < -0.39 is 5.97 Å². The number of carbonyl (C=O) groups excluding carboxylic acids is 1. The summed E-state index contributed by atoms with van der Waals surface area (Å²) >= 11 is 0. The minimum atomic E-state index is -1.02. The van der Waals surface area contributed by atoms with Gasteiger partial charge in [-0.3, -0.25) is 4.79 Å². The van der Waals surface area contributed by atoms with Gasteiger partial charge in [-0.15, -0.1) is 0 Å². The Balaban J connectivity index is 1.98. The quantitative estimate of drug-likeness (QED) is 0.592. The number of ether oxygens (including phenoxy) is 1. The van der Waals surface area contributed by atoms with Gasteiger partial charge in [0.15, 0.2) is 6.61 Å². The summed E-state index contributed by atoms with van der Waals surface area (Å²) in [7, 11) is 0. The van der Waals surface area contributed by atoms with Crippen LogP contribution in [0, 0.1) is 5.92 Å². The van der Waals surface area contributed by atoms with E-state index in [0.29, 0.717) is 12.2 Å². The SMILES string of the molecule is CC/C(=N/NC(=O)C1CC1)c1ccc(OCC(=O)O)cc1. The number of nitrogens with zero attached hydrogens (tertiary/aromatic N) is 1. The number of hydrogen-bond acceptors (Lipinski definition) is 4. The molecule has 0 saturated heterocycles. The molecule has 112 valence electrons. The normalized spacial score (nSPS) is 14.6.